The highest BCUT2D eigenvalue weighted by atomic mass is 35.5. The number of urea groups is 1. The number of carbonyl (C=O) groups is 2. The number of carbonyl (C=O) groups excluding carboxylic acids is 2. The number of ether oxygens (including phenoxy) is 2. The molecule has 2 saturated heterocycles. The molecule has 1 aromatic rings. The molecule has 0 bridgehead atoms. The van der Waals surface area contributed by atoms with Gasteiger partial charge in [0.1, 0.15) is 6.10 Å². The molecule has 3 rings (SSSR count). The van der Waals surface area contributed by atoms with Crippen LogP contribution in [0.1, 0.15) is 26.2 Å². The maximum absolute atomic E-state index is 13.0. The lowest BCUT2D eigenvalue weighted by Crippen LogP contribution is -2.58. The molecule has 2 fully saturated rings. The molecule has 8 nitrogen and oxygen atoms in total. The van der Waals surface area contributed by atoms with Crippen LogP contribution in [0.25, 0.3) is 0 Å². The first kappa shape index (κ1) is 23.1. The van der Waals surface area contributed by atoms with Crippen LogP contribution in [0.4, 0.5) is 10.5 Å². The van der Waals surface area contributed by atoms with E-state index in [2.05, 4.69) is 10.6 Å². The van der Waals surface area contributed by atoms with Crippen molar-refractivity contribution < 1.29 is 24.2 Å². The molecule has 2 aliphatic heterocycles. The van der Waals surface area contributed by atoms with Gasteiger partial charge in [-0.3, -0.25) is 4.79 Å². The van der Waals surface area contributed by atoms with Gasteiger partial charge in [0, 0.05) is 12.2 Å². The number of benzene rings is 1. The summed E-state index contributed by atoms with van der Waals surface area (Å²) in [6.45, 7) is 2.89. The summed E-state index contributed by atoms with van der Waals surface area (Å²) in [4.78, 5) is 26.5. The number of nitrogens with zero attached hydrogens (tertiary/aromatic N) is 1. The Morgan fingerprint density at radius 2 is 2.03 bits per heavy atom. The van der Waals surface area contributed by atoms with Crippen LogP contribution < -0.4 is 10.6 Å². The summed E-state index contributed by atoms with van der Waals surface area (Å²) in [7, 11) is 0. The van der Waals surface area contributed by atoms with Crippen molar-refractivity contribution in [3.8, 4) is 0 Å². The summed E-state index contributed by atoms with van der Waals surface area (Å²) in [5.74, 6) is -0.0580. The number of hydrogen-bond donors (Lipinski definition) is 3. The van der Waals surface area contributed by atoms with Crippen molar-refractivity contribution in [2.45, 2.75) is 50.5 Å². The third-order valence-electron chi connectivity index (χ3n) is 5.20. The van der Waals surface area contributed by atoms with Crippen LogP contribution in [0.5, 0.6) is 0 Å². The van der Waals surface area contributed by atoms with Gasteiger partial charge >= 0.3 is 6.03 Å². The molecule has 1 aromatic carbocycles. The van der Waals surface area contributed by atoms with Gasteiger partial charge < -0.3 is 30.1 Å². The molecule has 10 heteroatoms. The Morgan fingerprint density at radius 3 is 2.77 bits per heavy atom. The zero-order valence-corrected chi connectivity index (χ0v) is 18.3. The molecule has 3 N–H and O–H groups in total. The fourth-order valence-corrected chi connectivity index (χ4v) is 4.12. The number of anilines is 1. The fraction of sp³-hybridized carbons (Fsp3) is 0.600. The Balaban J connectivity index is 1.71. The number of halogens is 2. The minimum absolute atomic E-state index is 0.0580. The van der Waals surface area contributed by atoms with E-state index < -0.39 is 6.10 Å². The number of rotatable bonds is 4. The molecule has 0 radical (unpaired) electrons. The lowest BCUT2D eigenvalue weighted by atomic mass is 9.95. The molecular weight excluding hydrogens is 433 g/mol. The minimum Gasteiger partial charge on any atom is -0.389 e. The highest BCUT2D eigenvalue weighted by Gasteiger charge is 2.40. The molecule has 2 heterocycles. The number of hydrogen-bond acceptors (Lipinski definition) is 5. The average molecular weight is 460 g/mol. The van der Waals surface area contributed by atoms with E-state index in [1.165, 1.54) is 0 Å². The van der Waals surface area contributed by atoms with E-state index >= 15 is 0 Å². The van der Waals surface area contributed by atoms with Gasteiger partial charge in [0.15, 0.2) is 0 Å². The first-order valence-corrected chi connectivity index (χ1v) is 10.8. The molecule has 166 valence electrons. The molecule has 2 aliphatic rings. The number of aliphatic hydroxyl groups excluding tert-OH is 1. The van der Waals surface area contributed by atoms with Gasteiger partial charge in [-0.15, -0.1) is 0 Å². The summed E-state index contributed by atoms with van der Waals surface area (Å²) in [6.07, 6.45) is 0.120. The van der Waals surface area contributed by atoms with Crippen molar-refractivity contribution in [2.24, 2.45) is 0 Å². The van der Waals surface area contributed by atoms with Crippen LogP contribution in [0, 0.1) is 0 Å². The first-order chi connectivity index (χ1) is 14.4. The molecule has 0 aromatic heterocycles. The molecule has 0 aliphatic carbocycles. The van der Waals surface area contributed by atoms with Gasteiger partial charge in [-0.25, -0.2) is 4.79 Å². The number of amides is 3. The Morgan fingerprint density at radius 1 is 1.23 bits per heavy atom. The second-order valence-electron chi connectivity index (χ2n) is 7.50. The molecule has 0 spiro atoms. The summed E-state index contributed by atoms with van der Waals surface area (Å²) < 4.78 is 11.7. The number of β-amino-alcohol motifs (C(OH)–C–C–N with tert-alkyl or cyclic N) is 1. The van der Waals surface area contributed by atoms with E-state index in [1.807, 2.05) is 6.92 Å². The third-order valence-corrected chi connectivity index (χ3v) is 5.94. The maximum atomic E-state index is 13.0. The van der Waals surface area contributed by atoms with E-state index in [1.54, 1.807) is 23.1 Å². The Labute approximate surface area is 185 Å². The van der Waals surface area contributed by atoms with Gasteiger partial charge in [0.25, 0.3) is 0 Å². The quantitative estimate of drug-likeness (QED) is 0.642. The summed E-state index contributed by atoms with van der Waals surface area (Å²) in [5.41, 5.74) is 0.504. The van der Waals surface area contributed by atoms with E-state index in [0.29, 0.717) is 35.1 Å². The van der Waals surface area contributed by atoms with Crippen LogP contribution in [-0.2, 0) is 14.3 Å². The highest BCUT2D eigenvalue weighted by Crippen LogP contribution is 2.29. The highest BCUT2D eigenvalue weighted by molar-refractivity contribution is 6.42. The standard InChI is InChI=1S/C20H27Cl2N3O5/c1-2-23-19(27)8-14-4-6-17-18(30-14)11-29-10-13(26)9-25(17)20(28)24-12-3-5-15(21)16(22)7-12/h3,5,7,13-14,17-18,26H,2,4,6,8-11H2,1H3,(H,23,27)(H,24,28)/t13-,14-,17+,18-/m0/s1. The Kier molecular flexibility index (Phi) is 8.19. The van der Waals surface area contributed by atoms with Crippen molar-refractivity contribution in [1.29, 1.82) is 0 Å². The average Bonchev–Trinajstić information content (AvgIpc) is 2.68. The molecule has 30 heavy (non-hydrogen) atoms. The second kappa shape index (κ2) is 10.6. The van der Waals surface area contributed by atoms with Gasteiger partial charge in [0.2, 0.25) is 5.91 Å². The van der Waals surface area contributed by atoms with Crippen LogP contribution in [-0.4, -0.2) is 72.6 Å². The van der Waals surface area contributed by atoms with E-state index in [9.17, 15) is 14.7 Å². The van der Waals surface area contributed by atoms with Gasteiger partial charge in [0.05, 0.1) is 54.5 Å². The van der Waals surface area contributed by atoms with Crippen molar-refractivity contribution in [3.05, 3.63) is 28.2 Å². The fourth-order valence-electron chi connectivity index (χ4n) is 3.82. The van der Waals surface area contributed by atoms with Crippen molar-refractivity contribution >= 4 is 40.8 Å². The predicted octanol–water partition coefficient (Wildman–Crippen LogP) is 2.66. The number of aliphatic hydroxyl groups is 1. The lowest BCUT2D eigenvalue weighted by Gasteiger charge is -2.44. The van der Waals surface area contributed by atoms with E-state index in [4.69, 9.17) is 32.7 Å². The smallest absolute Gasteiger partial charge is 0.322 e. The van der Waals surface area contributed by atoms with Gasteiger partial charge in [-0.1, -0.05) is 23.2 Å². The first-order valence-electron chi connectivity index (χ1n) is 10.1. The van der Waals surface area contributed by atoms with E-state index in [-0.39, 0.29) is 56.4 Å². The number of fused-ring (bicyclic) bond motifs is 1. The van der Waals surface area contributed by atoms with Crippen molar-refractivity contribution in [2.75, 3.05) is 31.6 Å². The summed E-state index contributed by atoms with van der Waals surface area (Å²) in [5, 5.41) is 16.5. The largest absolute Gasteiger partial charge is 0.389 e. The summed E-state index contributed by atoms with van der Waals surface area (Å²) in [6, 6.07) is 4.19. The van der Waals surface area contributed by atoms with Crippen LogP contribution in [0.2, 0.25) is 10.0 Å². The third kappa shape index (κ3) is 5.98. The molecule has 0 saturated carbocycles. The Bertz CT molecular complexity index is 766. The predicted molar refractivity (Wildman–Crippen MR) is 114 cm³/mol. The number of nitrogens with one attached hydrogen (secondary N) is 2. The Hall–Kier alpha value is -1.58. The topological polar surface area (TPSA) is 100 Å². The van der Waals surface area contributed by atoms with Crippen molar-refractivity contribution in [1.82, 2.24) is 10.2 Å². The lowest BCUT2D eigenvalue weighted by molar-refractivity contribution is -0.149. The van der Waals surface area contributed by atoms with Crippen LogP contribution >= 0.6 is 23.2 Å². The summed E-state index contributed by atoms with van der Waals surface area (Å²) >= 11 is 12.0. The van der Waals surface area contributed by atoms with Gasteiger partial charge in [-0.2, -0.15) is 0 Å². The SMILES string of the molecule is CCNC(=O)C[C@@H]1CC[C@@H]2[C@H](COC[C@@H](O)CN2C(=O)Nc2ccc(Cl)c(Cl)c2)O1. The molecule has 4 atom stereocenters. The monoisotopic (exact) mass is 459 g/mol. The molecule has 3 amide bonds. The molecule has 0 unspecified atom stereocenters. The van der Waals surface area contributed by atoms with Gasteiger partial charge in [-0.05, 0) is 38.0 Å². The van der Waals surface area contributed by atoms with Crippen LogP contribution in [0.15, 0.2) is 18.2 Å². The zero-order chi connectivity index (χ0) is 21.7. The molecular formula is C20H27Cl2N3O5. The maximum Gasteiger partial charge on any atom is 0.322 e. The van der Waals surface area contributed by atoms with Crippen molar-refractivity contribution in [3.63, 3.8) is 0 Å². The second-order valence-corrected chi connectivity index (χ2v) is 8.32. The minimum atomic E-state index is -0.807. The van der Waals surface area contributed by atoms with E-state index in [0.717, 1.165) is 0 Å². The van der Waals surface area contributed by atoms with Crippen LogP contribution in [0.3, 0.4) is 0 Å². The normalized spacial score (nSPS) is 26.9. The zero-order valence-electron chi connectivity index (χ0n) is 16.8.